The summed E-state index contributed by atoms with van der Waals surface area (Å²) in [5.74, 6) is -0.0300. The zero-order valence-electron chi connectivity index (χ0n) is 19.0. The van der Waals surface area contributed by atoms with Gasteiger partial charge in [0.2, 0.25) is 0 Å². The second-order valence-corrected chi connectivity index (χ2v) is 8.30. The Morgan fingerprint density at radius 3 is 2.82 bits per heavy atom. The summed E-state index contributed by atoms with van der Waals surface area (Å²) in [6, 6.07) is 9.03. The van der Waals surface area contributed by atoms with Crippen molar-refractivity contribution in [1.82, 2.24) is 19.7 Å². The zero-order chi connectivity index (χ0) is 24.2. The first-order valence-corrected chi connectivity index (χ1v) is 11.5. The molecular weight excluding hydrogens is 455 g/mol. The van der Waals surface area contributed by atoms with Gasteiger partial charge in [-0.15, -0.1) is 0 Å². The number of anilines is 2. The topological polar surface area (TPSA) is 97.3 Å². The van der Waals surface area contributed by atoms with E-state index in [0.717, 1.165) is 17.7 Å². The van der Waals surface area contributed by atoms with E-state index < -0.39 is 5.82 Å². The molecular formula is C25H26ClFN6O. The van der Waals surface area contributed by atoms with Crippen molar-refractivity contribution in [3.05, 3.63) is 76.5 Å². The van der Waals surface area contributed by atoms with E-state index in [-0.39, 0.29) is 10.9 Å². The molecule has 0 spiro atoms. The van der Waals surface area contributed by atoms with E-state index in [9.17, 15) is 9.18 Å². The summed E-state index contributed by atoms with van der Waals surface area (Å²) in [5, 5.41) is 6.24. The maximum absolute atomic E-state index is 14.4. The molecule has 2 aromatic heterocycles. The number of halogens is 2. The molecule has 176 valence electrons. The third kappa shape index (κ3) is 4.60. The normalized spacial score (nSPS) is 11.1. The molecule has 4 rings (SSSR count). The number of nitrogens with two attached hydrogens (primary N) is 1. The standard InChI is InChI=1S/C25H26ClFN6O/c1-3-16-13-17(6-8-18(16)25(34)30-10-4-9-28)32-23-24-31-14-20(33(24)12-11-29-23)19-7-5-15(2)22(27)21(19)26/h5-8,11-14H,3-4,9-10,28H2,1-2H3,(H,29,32)(H,30,34). The lowest BCUT2D eigenvalue weighted by Gasteiger charge is -2.13. The van der Waals surface area contributed by atoms with Crippen molar-refractivity contribution in [1.29, 1.82) is 0 Å². The van der Waals surface area contributed by atoms with E-state index in [0.29, 0.717) is 53.4 Å². The predicted molar refractivity (Wildman–Crippen MR) is 133 cm³/mol. The average molecular weight is 481 g/mol. The van der Waals surface area contributed by atoms with Crippen LogP contribution in [-0.4, -0.2) is 33.4 Å². The van der Waals surface area contributed by atoms with E-state index >= 15 is 0 Å². The number of hydrogen-bond acceptors (Lipinski definition) is 5. The molecule has 0 aliphatic heterocycles. The lowest BCUT2D eigenvalue weighted by molar-refractivity contribution is 0.0952. The Labute approximate surface area is 202 Å². The van der Waals surface area contributed by atoms with Gasteiger partial charge in [0, 0.05) is 35.8 Å². The van der Waals surface area contributed by atoms with Crippen LogP contribution in [0.3, 0.4) is 0 Å². The Kier molecular flexibility index (Phi) is 7.09. The Balaban J connectivity index is 1.65. The maximum Gasteiger partial charge on any atom is 0.251 e. The van der Waals surface area contributed by atoms with Crippen molar-refractivity contribution >= 4 is 34.7 Å². The first kappa shape index (κ1) is 23.7. The molecule has 0 atom stereocenters. The number of amides is 1. The van der Waals surface area contributed by atoms with Crippen LogP contribution in [-0.2, 0) is 6.42 Å². The number of nitrogens with zero attached hydrogens (tertiary/aromatic N) is 3. The zero-order valence-corrected chi connectivity index (χ0v) is 19.8. The average Bonchev–Trinajstić information content (AvgIpc) is 3.27. The molecule has 2 aromatic carbocycles. The predicted octanol–water partition coefficient (Wildman–Crippen LogP) is 4.88. The van der Waals surface area contributed by atoms with Crippen molar-refractivity contribution < 1.29 is 9.18 Å². The van der Waals surface area contributed by atoms with E-state index in [2.05, 4.69) is 20.6 Å². The van der Waals surface area contributed by atoms with Gasteiger partial charge in [0.25, 0.3) is 5.91 Å². The molecule has 34 heavy (non-hydrogen) atoms. The van der Waals surface area contributed by atoms with E-state index in [4.69, 9.17) is 17.3 Å². The number of aryl methyl sites for hydroxylation is 2. The first-order valence-electron chi connectivity index (χ1n) is 11.1. The second kappa shape index (κ2) is 10.2. The monoisotopic (exact) mass is 480 g/mol. The Bertz CT molecular complexity index is 1350. The van der Waals surface area contributed by atoms with Crippen molar-refractivity contribution in [2.45, 2.75) is 26.7 Å². The highest BCUT2D eigenvalue weighted by Gasteiger charge is 2.17. The van der Waals surface area contributed by atoms with Crippen LogP contribution in [0.25, 0.3) is 16.9 Å². The minimum absolute atomic E-state index is 0.0565. The number of nitrogens with one attached hydrogen (secondary N) is 2. The number of aromatic nitrogens is 3. The maximum atomic E-state index is 14.4. The summed E-state index contributed by atoms with van der Waals surface area (Å²) in [6.45, 7) is 4.75. The largest absolute Gasteiger partial charge is 0.352 e. The number of benzene rings is 2. The highest BCUT2D eigenvalue weighted by Crippen LogP contribution is 2.33. The van der Waals surface area contributed by atoms with Crippen LogP contribution in [0.15, 0.2) is 48.9 Å². The first-order chi connectivity index (χ1) is 16.4. The molecule has 9 heteroatoms. The number of fused-ring (bicyclic) bond motifs is 1. The molecule has 4 aromatic rings. The van der Waals surface area contributed by atoms with Gasteiger partial charge in [0.05, 0.1) is 16.9 Å². The van der Waals surface area contributed by atoms with Crippen molar-refractivity contribution in [2.75, 3.05) is 18.4 Å². The van der Waals surface area contributed by atoms with Crippen LogP contribution in [0, 0.1) is 12.7 Å². The number of rotatable bonds is 8. The summed E-state index contributed by atoms with van der Waals surface area (Å²) in [4.78, 5) is 21.4. The Morgan fingerprint density at radius 2 is 2.06 bits per heavy atom. The molecule has 0 aliphatic carbocycles. The fourth-order valence-corrected chi connectivity index (χ4v) is 4.08. The highest BCUT2D eigenvalue weighted by molar-refractivity contribution is 6.33. The lowest BCUT2D eigenvalue weighted by Crippen LogP contribution is -2.26. The summed E-state index contributed by atoms with van der Waals surface area (Å²) in [6.07, 6.45) is 6.46. The van der Waals surface area contributed by atoms with Gasteiger partial charge in [-0.1, -0.05) is 30.7 Å². The molecule has 0 saturated heterocycles. The van der Waals surface area contributed by atoms with Gasteiger partial charge < -0.3 is 16.4 Å². The van der Waals surface area contributed by atoms with Gasteiger partial charge in [-0.2, -0.15) is 0 Å². The molecule has 4 N–H and O–H groups in total. The minimum atomic E-state index is -0.444. The van der Waals surface area contributed by atoms with Crippen molar-refractivity contribution in [3.8, 4) is 11.3 Å². The lowest BCUT2D eigenvalue weighted by atomic mass is 10.0. The molecule has 1 amide bonds. The van der Waals surface area contributed by atoms with Crippen molar-refractivity contribution in [3.63, 3.8) is 0 Å². The van der Waals surface area contributed by atoms with Gasteiger partial charge >= 0.3 is 0 Å². The molecule has 0 radical (unpaired) electrons. The number of carbonyl (C=O) groups excluding carboxylic acids is 1. The van der Waals surface area contributed by atoms with Crippen LogP contribution < -0.4 is 16.4 Å². The van der Waals surface area contributed by atoms with Gasteiger partial charge in [-0.25, -0.2) is 14.4 Å². The van der Waals surface area contributed by atoms with Gasteiger partial charge in [-0.05, 0) is 55.6 Å². The fourth-order valence-electron chi connectivity index (χ4n) is 3.77. The Hall–Kier alpha value is -3.49. The fraction of sp³-hybridized carbons (Fsp3) is 0.240. The molecule has 0 aliphatic rings. The molecule has 0 saturated carbocycles. The number of hydrogen-bond donors (Lipinski definition) is 3. The highest BCUT2D eigenvalue weighted by atomic mass is 35.5. The number of carbonyl (C=O) groups is 1. The summed E-state index contributed by atoms with van der Waals surface area (Å²) < 4.78 is 16.2. The van der Waals surface area contributed by atoms with Crippen LogP contribution in [0.1, 0.15) is 34.8 Å². The summed E-state index contributed by atoms with van der Waals surface area (Å²) >= 11 is 6.29. The molecule has 2 heterocycles. The quantitative estimate of drug-likeness (QED) is 0.312. The second-order valence-electron chi connectivity index (χ2n) is 7.92. The van der Waals surface area contributed by atoms with Crippen LogP contribution >= 0.6 is 11.6 Å². The molecule has 0 bridgehead atoms. The van der Waals surface area contributed by atoms with E-state index in [1.54, 1.807) is 43.7 Å². The van der Waals surface area contributed by atoms with Crippen molar-refractivity contribution in [2.24, 2.45) is 5.73 Å². The van der Waals surface area contributed by atoms with E-state index in [1.165, 1.54) is 0 Å². The smallest absolute Gasteiger partial charge is 0.251 e. The molecule has 7 nitrogen and oxygen atoms in total. The minimum Gasteiger partial charge on any atom is -0.352 e. The van der Waals surface area contributed by atoms with E-state index in [1.807, 2.05) is 23.5 Å². The SMILES string of the molecule is CCc1cc(Nc2nccn3c(-c4ccc(C)c(F)c4Cl)cnc23)ccc1C(=O)NCCCN. The molecule has 0 fully saturated rings. The third-order valence-electron chi connectivity index (χ3n) is 5.64. The summed E-state index contributed by atoms with van der Waals surface area (Å²) in [7, 11) is 0. The van der Waals surface area contributed by atoms with Gasteiger partial charge in [-0.3, -0.25) is 9.20 Å². The third-order valence-corrected chi connectivity index (χ3v) is 6.01. The van der Waals surface area contributed by atoms with Crippen LogP contribution in [0.2, 0.25) is 5.02 Å². The molecule has 0 unspecified atom stereocenters. The Morgan fingerprint density at radius 1 is 1.24 bits per heavy atom. The summed E-state index contributed by atoms with van der Waals surface area (Å²) in [5.41, 5.74) is 10.1. The van der Waals surface area contributed by atoms with Gasteiger partial charge in [0.1, 0.15) is 5.82 Å². The van der Waals surface area contributed by atoms with Crippen LogP contribution in [0.4, 0.5) is 15.9 Å². The van der Waals surface area contributed by atoms with Crippen LogP contribution in [0.5, 0.6) is 0 Å². The van der Waals surface area contributed by atoms with Gasteiger partial charge in [0.15, 0.2) is 11.5 Å². The number of imidazole rings is 1.